The first-order valence-electron chi connectivity index (χ1n) is 10.0. The normalized spacial score (nSPS) is 16.8. The zero-order valence-electron chi connectivity index (χ0n) is 17.2. The average Bonchev–Trinajstić information content (AvgIpc) is 3.45. The van der Waals surface area contributed by atoms with Crippen molar-refractivity contribution in [3.05, 3.63) is 53.6 Å². The topological polar surface area (TPSA) is 115 Å². The number of ether oxygens (including phenoxy) is 1. The molecule has 0 saturated carbocycles. The molecule has 11 heteroatoms. The first kappa shape index (κ1) is 22.3. The van der Waals surface area contributed by atoms with E-state index in [2.05, 4.69) is 15.5 Å². The van der Waals surface area contributed by atoms with Gasteiger partial charge < -0.3 is 9.15 Å². The molecule has 1 aliphatic heterocycles. The molecule has 0 radical (unpaired) electrons. The van der Waals surface area contributed by atoms with Gasteiger partial charge in [-0.05, 0) is 68.3 Å². The Kier molecular flexibility index (Phi) is 6.45. The van der Waals surface area contributed by atoms with Gasteiger partial charge in [0, 0.05) is 17.1 Å². The first-order chi connectivity index (χ1) is 15.4. The zero-order valence-corrected chi connectivity index (χ0v) is 18.8. The fourth-order valence-corrected chi connectivity index (χ4v) is 5.25. The van der Waals surface area contributed by atoms with Crippen molar-refractivity contribution in [1.82, 2.24) is 14.5 Å². The molecule has 1 fully saturated rings. The van der Waals surface area contributed by atoms with Gasteiger partial charge in [0.25, 0.3) is 0 Å². The average molecular weight is 477 g/mol. The van der Waals surface area contributed by atoms with Crippen LogP contribution in [-0.4, -0.2) is 48.0 Å². The number of hydrogen-bond donors (Lipinski definition) is 1. The lowest BCUT2D eigenvalue weighted by Gasteiger charge is -2.22. The van der Waals surface area contributed by atoms with E-state index >= 15 is 0 Å². The van der Waals surface area contributed by atoms with Crippen molar-refractivity contribution in [3.63, 3.8) is 0 Å². The van der Waals surface area contributed by atoms with Crippen LogP contribution in [-0.2, 0) is 14.8 Å². The molecule has 1 aromatic heterocycles. The highest BCUT2D eigenvalue weighted by Gasteiger charge is 2.39. The second-order valence-corrected chi connectivity index (χ2v) is 9.41. The molecule has 4 rings (SSSR count). The summed E-state index contributed by atoms with van der Waals surface area (Å²) in [6.45, 7) is 2.69. The predicted octanol–water partition coefficient (Wildman–Crippen LogP) is 3.58. The number of nitrogens with zero attached hydrogens (tertiary/aromatic N) is 3. The van der Waals surface area contributed by atoms with E-state index in [4.69, 9.17) is 20.8 Å². The van der Waals surface area contributed by atoms with Gasteiger partial charge in [-0.15, -0.1) is 5.10 Å². The van der Waals surface area contributed by atoms with Crippen molar-refractivity contribution < 1.29 is 22.4 Å². The number of aromatic nitrogens is 2. The van der Waals surface area contributed by atoms with E-state index in [1.807, 2.05) is 6.92 Å². The van der Waals surface area contributed by atoms with E-state index in [0.29, 0.717) is 35.8 Å². The summed E-state index contributed by atoms with van der Waals surface area (Å²) in [7, 11) is -3.85. The molecule has 0 aliphatic carbocycles. The van der Waals surface area contributed by atoms with Crippen molar-refractivity contribution in [2.45, 2.75) is 30.7 Å². The molecule has 1 unspecified atom stereocenters. The smallest absolute Gasteiger partial charge is 0.322 e. The molecular weight excluding hydrogens is 456 g/mol. The minimum atomic E-state index is -3.85. The van der Waals surface area contributed by atoms with Crippen LogP contribution in [0, 0.1) is 0 Å². The van der Waals surface area contributed by atoms with Gasteiger partial charge >= 0.3 is 6.01 Å². The van der Waals surface area contributed by atoms with Crippen molar-refractivity contribution in [1.29, 1.82) is 0 Å². The molecule has 2 aromatic carbocycles. The summed E-state index contributed by atoms with van der Waals surface area (Å²) in [5.74, 6) is 0.412. The third kappa shape index (κ3) is 4.62. The SMILES string of the molecule is CCOc1ccc(-c2nnc(NC(=O)C3CCCN3S(=O)(=O)c3ccc(Cl)cc3)o2)cc1. The van der Waals surface area contributed by atoms with E-state index in [0.717, 1.165) is 0 Å². The molecule has 1 aliphatic rings. The summed E-state index contributed by atoms with van der Waals surface area (Å²) in [4.78, 5) is 12.9. The molecule has 1 saturated heterocycles. The summed E-state index contributed by atoms with van der Waals surface area (Å²) in [5, 5.41) is 10.8. The van der Waals surface area contributed by atoms with Crippen LogP contribution in [0.4, 0.5) is 6.01 Å². The number of hydrogen-bond acceptors (Lipinski definition) is 7. The van der Waals surface area contributed by atoms with Crippen molar-refractivity contribution in [2.75, 3.05) is 18.5 Å². The Labute approximate surface area is 190 Å². The highest BCUT2D eigenvalue weighted by Crippen LogP contribution is 2.28. The van der Waals surface area contributed by atoms with Crippen LogP contribution in [0.1, 0.15) is 19.8 Å². The van der Waals surface area contributed by atoms with E-state index in [9.17, 15) is 13.2 Å². The summed E-state index contributed by atoms with van der Waals surface area (Å²) in [6, 6.07) is 12.0. The Bertz CT molecular complexity index is 1200. The minimum absolute atomic E-state index is 0.0807. The summed E-state index contributed by atoms with van der Waals surface area (Å²) >= 11 is 5.86. The molecule has 1 amide bonds. The van der Waals surface area contributed by atoms with Gasteiger partial charge in [0.2, 0.25) is 21.8 Å². The van der Waals surface area contributed by atoms with Gasteiger partial charge in [-0.2, -0.15) is 4.31 Å². The Morgan fingerprint density at radius 3 is 2.59 bits per heavy atom. The van der Waals surface area contributed by atoms with Crippen LogP contribution < -0.4 is 10.1 Å². The molecule has 168 valence electrons. The Hall–Kier alpha value is -2.95. The van der Waals surface area contributed by atoms with Crippen molar-refractivity contribution in [3.8, 4) is 17.2 Å². The highest BCUT2D eigenvalue weighted by molar-refractivity contribution is 7.89. The van der Waals surface area contributed by atoms with Crippen LogP contribution in [0.5, 0.6) is 5.75 Å². The van der Waals surface area contributed by atoms with Gasteiger partial charge in [-0.25, -0.2) is 8.42 Å². The third-order valence-electron chi connectivity index (χ3n) is 4.99. The molecule has 9 nitrogen and oxygen atoms in total. The molecule has 3 aromatic rings. The maximum atomic E-state index is 13.0. The third-order valence-corrected chi connectivity index (χ3v) is 7.17. The van der Waals surface area contributed by atoms with Gasteiger partial charge in [0.15, 0.2) is 0 Å². The Morgan fingerprint density at radius 1 is 1.19 bits per heavy atom. The lowest BCUT2D eigenvalue weighted by atomic mass is 10.2. The zero-order chi connectivity index (χ0) is 22.7. The van der Waals surface area contributed by atoms with Gasteiger partial charge in [-0.1, -0.05) is 16.7 Å². The fourth-order valence-electron chi connectivity index (χ4n) is 3.47. The van der Waals surface area contributed by atoms with E-state index in [1.165, 1.54) is 28.6 Å². The molecule has 1 atom stereocenters. The maximum Gasteiger partial charge on any atom is 0.322 e. The van der Waals surface area contributed by atoms with E-state index in [1.54, 1.807) is 24.3 Å². The monoisotopic (exact) mass is 476 g/mol. The Balaban J connectivity index is 1.47. The summed E-state index contributed by atoms with van der Waals surface area (Å²) in [6.07, 6.45) is 0.949. The predicted molar refractivity (Wildman–Crippen MR) is 118 cm³/mol. The number of benzene rings is 2. The maximum absolute atomic E-state index is 13.0. The fraction of sp³-hybridized carbons (Fsp3) is 0.286. The van der Waals surface area contributed by atoms with Crippen LogP contribution >= 0.6 is 11.6 Å². The highest BCUT2D eigenvalue weighted by atomic mass is 35.5. The number of carbonyl (C=O) groups excluding carboxylic acids is 1. The Morgan fingerprint density at radius 2 is 1.91 bits per heavy atom. The van der Waals surface area contributed by atoms with Crippen molar-refractivity contribution >= 4 is 33.5 Å². The van der Waals surface area contributed by atoms with Crippen LogP contribution in [0.3, 0.4) is 0 Å². The first-order valence-corrected chi connectivity index (χ1v) is 11.9. The molecule has 0 bridgehead atoms. The quantitative estimate of drug-likeness (QED) is 0.554. The minimum Gasteiger partial charge on any atom is -0.494 e. The summed E-state index contributed by atoms with van der Waals surface area (Å²) < 4.78 is 38.2. The van der Waals surface area contributed by atoms with Crippen LogP contribution in [0.2, 0.25) is 5.02 Å². The van der Waals surface area contributed by atoms with Crippen LogP contribution in [0.15, 0.2) is 57.8 Å². The standard InChI is InChI=1S/C21H21ClN4O5S/c1-2-30-16-9-5-14(6-10-16)20-24-25-21(31-20)23-19(27)18-4-3-13-26(18)32(28,29)17-11-7-15(22)8-12-17/h5-12,18H,2-4,13H2,1H3,(H,23,25,27). The van der Waals surface area contributed by atoms with Crippen molar-refractivity contribution in [2.24, 2.45) is 0 Å². The molecule has 2 heterocycles. The molecule has 1 N–H and O–H groups in total. The van der Waals surface area contributed by atoms with Gasteiger partial charge in [0.05, 0.1) is 11.5 Å². The molecule has 0 spiro atoms. The van der Waals surface area contributed by atoms with E-state index < -0.39 is 22.0 Å². The number of carbonyl (C=O) groups is 1. The number of nitrogens with one attached hydrogen (secondary N) is 1. The van der Waals surface area contributed by atoms with Gasteiger partial charge in [-0.3, -0.25) is 10.1 Å². The number of anilines is 1. The number of sulfonamides is 1. The summed E-state index contributed by atoms with van der Waals surface area (Å²) in [5.41, 5.74) is 0.661. The number of rotatable bonds is 7. The lowest BCUT2D eigenvalue weighted by molar-refractivity contribution is -0.119. The van der Waals surface area contributed by atoms with Gasteiger partial charge in [0.1, 0.15) is 11.8 Å². The van der Waals surface area contributed by atoms with Crippen LogP contribution in [0.25, 0.3) is 11.5 Å². The largest absolute Gasteiger partial charge is 0.494 e. The molecular formula is C21H21ClN4O5S. The van der Waals surface area contributed by atoms with E-state index in [-0.39, 0.29) is 23.3 Å². The number of halogens is 1. The second-order valence-electron chi connectivity index (χ2n) is 7.09. The lowest BCUT2D eigenvalue weighted by Crippen LogP contribution is -2.43. The second kappa shape index (κ2) is 9.27. The molecule has 32 heavy (non-hydrogen) atoms. The number of amides is 1.